The summed E-state index contributed by atoms with van der Waals surface area (Å²) in [4.78, 5) is 0. The maximum atomic E-state index is 9.80. The van der Waals surface area contributed by atoms with E-state index in [4.69, 9.17) is 9.47 Å². The third-order valence-corrected chi connectivity index (χ3v) is 3.56. The molecule has 17 heavy (non-hydrogen) atoms. The van der Waals surface area contributed by atoms with Gasteiger partial charge in [0.25, 0.3) is 0 Å². The molecule has 0 radical (unpaired) electrons. The molecule has 1 aliphatic heterocycles. The SMILES string of the molecule is CC1(NCC(O)COCC2CC2)CCCOC1. The molecule has 2 rings (SSSR count). The molecule has 1 heterocycles. The molecule has 0 spiro atoms. The predicted octanol–water partition coefficient (Wildman–Crippen LogP) is 0.933. The second kappa shape index (κ2) is 6.14. The van der Waals surface area contributed by atoms with E-state index in [9.17, 15) is 5.11 Å². The number of hydrogen-bond acceptors (Lipinski definition) is 4. The highest BCUT2D eigenvalue weighted by atomic mass is 16.5. The Hall–Kier alpha value is -0.160. The Morgan fingerprint density at radius 2 is 2.35 bits per heavy atom. The van der Waals surface area contributed by atoms with Crippen molar-refractivity contribution in [2.24, 2.45) is 5.92 Å². The van der Waals surface area contributed by atoms with Crippen molar-refractivity contribution in [1.82, 2.24) is 5.32 Å². The largest absolute Gasteiger partial charge is 0.389 e. The van der Waals surface area contributed by atoms with Crippen molar-refractivity contribution >= 4 is 0 Å². The van der Waals surface area contributed by atoms with Gasteiger partial charge in [-0.25, -0.2) is 0 Å². The fourth-order valence-corrected chi connectivity index (χ4v) is 2.15. The molecular formula is C13H25NO3. The first-order valence-corrected chi connectivity index (χ1v) is 6.76. The smallest absolute Gasteiger partial charge is 0.0897 e. The minimum Gasteiger partial charge on any atom is -0.389 e. The lowest BCUT2D eigenvalue weighted by Gasteiger charge is -2.35. The Balaban J connectivity index is 1.55. The van der Waals surface area contributed by atoms with Crippen molar-refractivity contribution in [2.75, 3.05) is 33.0 Å². The molecule has 2 fully saturated rings. The quantitative estimate of drug-likeness (QED) is 0.698. The van der Waals surface area contributed by atoms with E-state index >= 15 is 0 Å². The molecule has 100 valence electrons. The maximum Gasteiger partial charge on any atom is 0.0897 e. The monoisotopic (exact) mass is 243 g/mol. The van der Waals surface area contributed by atoms with Crippen LogP contribution in [0.2, 0.25) is 0 Å². The average Bonchev–Trinajstić information content (AvgIpc) is 3.12. The van der Waals surface area contributed by atoms with Crippen LogP contribution in [0.15, 0.2) is 0 Å². The Morgan fingerprint density at radius 1 is 1.53 bits per heavy atom. The number of aliphatic hydroxyl groups is 1. The second-order valence-electron chi connectivity index (χ2n) is 5.73. The van der Waals surface area contributed by atoms with Gasteiger partial charge < -0.3 is 19.9 Å². The van der Waals surface area contributed by atoms with Gasteiger partial charge in [-0.05, 0) is 38.5 Å². The van der Waals surface area contributed by atoms with Crippen molar-refractivity contribution in [1.29, 1.82) is 0 Å². The number of nitrogens with one attached hydrogen (secondary N) is 1. The highest BCUT2D eigenvalue weighted by Crippen LogP contribution is 2.28. The van der Waals surface area contributed by atoms with E-state index < -0.39 is 6.10 Å². The van der Waals surface area contributed by atoms with Gasteiger partial charge in [-0.3, -0.25) is 0 Å². The Morgan fingerprint density at radius 3 is 3.00 bits per heavy atom. The van der Waals surface area contributed by atoms with Crippen molar-refractivity contribution in [3.63, 3.8) is 0 Å². The van der Waals surface area contributed by atoms with E-state index in [0.29, 0.717) is 13.2 Å². The lowest BCUT2D eigenvalue weighted by atomic mass is 9.95. The molecule has 1 saturated heterocycles. The first-order valence-electron chi connectivity index (χ1n) is 6.76. The fourth-order valence-electron chi connectivity index (χ4n) is 2.15. The lowest BCUT2D eigenvalue weighted by molar-refractivity contribution is 0.00468. The van der Waals surface area contributed by atoms with Crippen LogP contribution in [0.4, 0.5) is 0 Å². The maximum absolute atomic E-state index is 9.80. The summed E-state index contributed by atoms with van der Waals surface area (Å²) in [6, 6.07) is 0. The molecule has 0 aromatic heterocycles. The summed E-state index contributed by atoms with van der Waals surface area (Å²) in [6.45, 7) is 5.61. The summed E-state index contributed by atoms with van der Waals surface area (Å²) in [7, 11) is 0. The van der Waals surface area contributed by atoms with Crippen molar-refractivity contribution in [3.05, 3.63) is 0 Å². The number of ether oxygens (including phenoxy) is 2. The molecule has 2 unspecified atom stereocenters. The molecule has 2 atom stereocenters. The second-order valence-corrected chi connectivity index (χ2v) is 5.73. The highest BCUT2D eigenvalue weighted by Gasteiger charge is 2.27. The van der Waals surface area contributed by atoms with Gasteiger partial charge >= 0.3 is 0 Å². The molecule has 4 nitrogen and oxygen atoms in total. The van der Waals surface area contributed by atoms with E-state index in [0.717, 1.165) is 38.6 Å². The van der Waals surface area contributed by atoms with E-state index in [1.807, 2.05) is 0 Å². The van der Waals surface area contributed by atoms with Crippen LogP contribution >= 0.6 is 0 Å². The molecule has 0 amide bonds. The van der Waals surface area contributed by atoms with E-state index in [1.165, 1.54) is 12.8 Å². The molecule has 0 aromatic rings. The summed E-state index contributed by atoms with van der Waals surface area (Å²) >= 11 is 0. The Kier molecular flexibility index (Phi) is 4.79. The lowest BCUT2D eigenvalue weighted by Crippen LogP contribution is -2.51. The molecular weight excluding hydrogens is 218 g/mol. The van der Waals surface area contributed by atoms with Crippen LogP contribution in [-0.2, 0) is 9.47 Å². The Bertz CT molecular complexity index is 225. The van der Waals surface area contributed by atoms with Crippen LogP contribution in [-0.4, -0.2) is 49.7 Å². The third kappa shape index (κ3) is 4.92. The average molecular weight is 243 g/mol. The van der Waals surface area contributed by atoms with Crippen LogP contribution in [0.1, 0.15) is 32.6 Å². The highest BCUT2D eigenvalue weighted by molar-refractivity contribution is 4.86. The number of rotatable bonds is 7. The van der Waals surface area contributed by atoms with Gasteiger partial charge in [0.1, 0.15) is 0 Å². The molecule has 2 aliphatic rings. The van der Waals surface area contributed by atoms with Crippen LogP contribution < -0.4 is 5.32 Å². The van der Waals surface area contributed by atoms with E-state index in [2.05, 4.69) is 12.2 Å². The van der Waals surface area contributed by atoms with Crippen LogP contribution in [0.5, 0.6) is 0 Å². The van der Waals surface area contributed by atoms with Gasteiger partial charge in [-0.2, -0.15) is 0 Å². The van der Waals surface area contributed by atoms with Crippen LogP contribution in [0.25, 0.3) is 0 Å². The zero-order valence-electron chi connectivity index (χ0n) is 10.8. The first kappa shape index (κ1) is 13.3. The van der Waals surface area contributed by atoms with Crippen LogP contribution in [0, 0.1) is 5.92 Å². The molecule has 0 bridgehead atoms. The standard InChI is InChI=1S/C13H25NO3/c1-13(5-2-6-16-10-13)14-7-12(15)9-17-8-11-3-4-11/h11-12,14-15H,2-10H2,1H3. The van der Waals surface area contributed by atoms with Gasteiger partial charge in [-0.1, -0.05) is 0 Å². The summed E-state index contributed by atoms with van der Waals surface area (Å²) in [6.07, 6.45) is 4.39. The topological polar surface area (TPSA) is 50.7 Å². The summed E-state index contributed by atoms with van der Waals surface area (Å²) in [5, 5.41) is 13.2. The number of hydrogen-bond donors (Lipinski definition) is 2. The summed E-state index contributed by atoms with van der Waals surface area (Å²) in [5.74, 6) is 0.763. The van der Waals surface area contributed by atoms with Gasteiger partial charge in [0.05, 0.1) is 19.3 Å². The fraction of sp³-hybridized carbons (Fsp3) is 1.00. The van der Waals surface area contributed by atoms with Gasteiger partial charge in [-0.15, -0.1) is 0 Å². The molecule has 4 heteroatoms. The van der Waals surface area contributed by atoms with E-state index in [1.54, 1.807) is 0 Å². The predicted molar refractivity (Wildman–Crippen MR) is 66.0 cm³/mol. The summed E-state index contributed by atoms with van der Waals surface area (Å²) in [5.41, 5.74) is 0.0235. The van der Waals surface area contributed by atoms with Gasteiger partial charge in [0.15, 0.2) is 0 Å². The van der Waals surface area contributed by atoms with Crippen molar-refractivity contribution < 1.29 is 14.6 Å². The minimum absolute atomic E-state index is 0.0235. The molecule has 0 aromatic carbocycles. The van der Waals surface area contributed by atoms with Crippen LogP contribution in [0.3, 0.4) is 0 Å². The van der Waals surface area contributed by atoms with Crippen molar-refractivity contribution in [3.8, 4) is 0 Å². The molecule has 1 saturated carbocycles. The molecule has 2 N–H and O–H groups in total. The van der Waals surface area contributed by atoms with Crippen molar-refractivity contribution in [2.45, 2.75) is 44.2 Å². The van der Waals surface area contributed by atoms with Gasteiger partial charge in [0, 0.05) is 25.3 Å². The third-order valence-electron chi connectivity index (χ3n) is 3.56. The number of β-amino-alcohol motifs (C(OH)–C–C–N with tert-alkyl or cyclic N) is 1. The normalized spacial score (nSPS) is 31.4. The minimum atomic E-state index is -0.410. The zero-order valence-corrected chi connectivity index (χ0v) is 10.8. The number of aliphatic hydroxyl groups excluding tert-OH is 1. The van der Waals surface area contributed by atoms with E-state index in [-0.39, 0.29) is 5.54 Å². The first-order chi connectivity index (χ1) is 8.18. The van der Waals surface area contributed by atoms with Gasteiger partial charge in [0.2, 0.25) is 0 Å². The Labute approximate surface area is 104 Å². The molecule has 1 aliphatic carbocycles. The summed E-state index contributed by atoms with van der Waals surface area (Å²) < 4.78 is 10.9. The zero-order chi connectivity index (χ0) is 12.1.